The number of hydrogen-bond acceptors (Lipinski definition) is 4. The molecule has 0 aliphatic carbocycles. The van der Waals surface area contributed by atoms with Crippen LogP contribution in [0.4, 0.5) is 0 Å². The molecule has 0 bridgehead atoms. The lowest BCUT2D eigenvalue weighted by Gasteiger charge is -2.33. The van der Waals surface area contributed by atoms with Gasteiger partial charge in [0.2, 0.25) is 5.91 Å². The van der Waals surface area contributed by atoms with Crippen LogP contribution >= 0.6 is 0 Å². The average molecular weight is 320 g/mol. The van der Waals surface area contributed by atoms with Gasteiger partial charge in [0.1, 0.15) is 0 Å². The summed E-state index contributed by atoms with van der Waals surface area (Å²) in [4.78, 5) is 25.6. The molecule has 1 fully saturated rings. The van der Waals surface area contributed by atoms with Gasteiger partial charge in [-0.15, -0.1) is 0 Å². The molecule has 0 spiro atoms. The Bertz CT molecular complexity index is 553. The van der Waals surface area contributed by atoms with Gasteiger partial charge in [-0.05, 0) is 31.4 Å². The van der Waals surface area contributed by atoms with Crippen molar-refractivity contribution in [2.75, 3.05) is 20.2 Å². The summed E-state index contributed by atoms with van der Waals surface area (Å²) in [5.41, 5.74) is 5.33. The summed E-state index contributed by atoms with van der Waals surface area (Å²) < 4.78 is 11.1. The molecule has 1 aliphatic rings. The van der Waals surface area contributed by atoms with Crippen molar-refractivity contribution in [3.05, 3.63) is 24.3 Å². The maximum atomic E-state index is 12.7. The highest BCUT2D eigenvalue weighted by Gasteiger charge is 2.30. The molecule has 0 radical (unpaired) electrons. The lowest BCUT2D eigenvalue weighted by atomic mass is 9.96. The summed E-state index contributed by atoms with van der Waals surface area (Å²) in [5, 5.41) is 0. The fourth-order valence-corrected chi connectivity index (χ4v) is 2.77. The standard InChI is InChI=1S/C17H24N2O4/c1-3-13(23-15-7-5-4-6-14(15)22-2)17(21)19-10-8-12(9-11-19)16(18)20/h4-7,12-13H,3,8-11H2,1-2H3,(H2,18,20). The molecule has 0 aromatic heterocycles. The molecule has 1 atom stereocenters. The third-order valence-corrected chi connectivity index (χ3v) is 4.19. The van der Waals surface area contributed by atoms with Gasteiger partial charge in [-0.1, -0.05) is 19.1 Å². The minimum atomic E-state index is -0.559. The highest BCUT2D eigenvalue weighted by Crippen LogP contribution is 2.28. The van der Waals surface area contributed by atoms with Gasteiger partial charge in [0.25, 0.3) is 5.91 Å². The summed E-state index contributed by atoms with van der Waals surface area (Å²) in [6.07, 6.45) is 1.24. The molecule has 1 aromatic carbocycles. The zero-order chi connectivity index (χ0) is 16.8. The molecular weight excluding hydrogens is 296 g/mol. The predicted octanol–water partition coefficient (Wildman–Crippen LogP) is 1.58. The summed E-state index contributed by atoms with van der Waals surface area (Å²) in [7, 11) is 1.57. The Kier molecular flexibility index (Phi) is 5.84. The normalized spacial score (nSPS) is 16.7. The number of hydrogen-bond donors (Lipinski definition) is 1. The first-order valence-corrected chi connectivity index (χ1v) is 7.94. The Morgan fingerprint density at radius 1 is 1.26 bits per heavy atom. The Hall–Kier alpha value is -2.24. The highest BCUT2D eigenvalue weighted by molar-refractivity contribution is 5.82. The van der Waals surface area contributed by atoms with Crippen molar-refractivity contribution in [3.63, 3.8) is 0 Å². The number of carbonyl (C=O) groups excluding carboxylic acids is 2. The minimum absolute atomic E-state index is 0.0543. The first kappa shape index (κ1) is 17.1. The second-order valence-electron chi connectivity index (χ2n) is 5.67. The number of primary amides is 1. The van der Waals surface area contributed by atoms with E-state index in [1.54, 1.807) is 24.1 Å². The number of methoxy groups -OCH3 is 1. The Labute approximate surface area is 136 Å². The van der Waals surface area contributed by atoms with E-state index in [2.05, 4.69) is 0 Å². The van der Waals surface area contributed by atoms with E-state index < -0.39 is 6.10 Å². The third-order valence-electron chi connectivity index (χ3n) is 4.19. The van der Waals surface area contributed by atoms with Crippen LogP contribution < -0.4 is 15.2 Å². The molecule has 1 unspecified atom stereocenters. The van der Waals surface area contributed by atoms with Crippen LogP contribution in [0.25, 0.3) is 0 Å². The van der Waals surface area contributed by atoms with E-state index in [1.165, 1.54) is 0 Å². The summed E-state index contributed by atoms with van der Waals surface area (Å²) >= 11 is 0. The molecule has 23 heavy (non-hydrogen) atoms. The third kappa shape index (κ3) is 4.15. The van der Waals surface area contributed by atoms with Gasteiger partial charge in [0.15, 0.2) is 17.6 Å². The Morgan fingerprint density at radius 3 is 2.39 bits per heavy atom. The van der Waals surface area contributed by atoms with E-state index in [0.717, 1.165) is 0 Å². The molecule has 2 amide bonds. The number of para-hydroxylation sites is 2. The second kappa shape index (κ2) is 7.85. The molecule has 1 aromatic rings. The molecule has 1 saturated heterocycles. The number of piperidine rings is 1. The highest BCUT2D eigenvalue weighted by atomic mass is 16.5. The van der Waals surface area contributed by atoms with Crippen molar-refractivity contribution < 1.29 is 19.1 Å². The molecule has 6 heteroatoms. The van der Waals surface area contributed by atoms with Crippen molar-refractivity contribution in [1.29, 1.82) is 0 Å². The number of benzene rings is 1. The van der Waals surface area contributed by atoms with Crippen LogP contribution in [0.5, 0.6) is 11.5 Å². The van der Waals surface area contributed by atoms with Gasteiger partial charge in [-0.3, -0.25) is 9.59 Å². The molecule has 2 N–H and O–H groups in total. The van der Waals surface area contributed by atoms with E-state index in [9.17, 15) is 9.59 Å². The van der Waals surface area contributed by atoms with Crippen LogP contribution in [0.1, 0.15) is 26.2 Å². The number of ether oxygens (including phenoxy) is 2. The van der Waals surface area contributed by atoms with Gasteiger partial charge >= 0.3 is 0 Å². The number of amides is 2. The van der Waals surface area contributed by atoms with Crippen molar-refractivity contribution in [2.45, 2.75) is 32.3 Å². The lowest BCUT2D eigenvalue weighted by Crippen LogP contribution is -2.47. The monoisotopic (exact) mass is 320 g/mol. The second-order valence-corrected chi connectivity index (χ2v) is 5.67. The van der Waals surface area contributed by atoms with Crippen molar-refractivity contribution >= 4 is 11.8 Å². The quantitative estimate of drug-likeness (QED) is 0.862. The predicted molar refractivity (Wildman–Crippen MR) is 86.2 cm³/mol. The number of carbonyl (C=O) groups is 2. The van der Waals surface area contributed by atoms with Crippen LogP contribution in [-0.2, 0) is 9.59 Å². The fraction of sp³-hybridized carbons (Fsp3) is 0.529. The van der Waals surface area contributed by atoms with Crippen molar-refractivity contribution in [1.82, 2.24) is 4.90 Å². The zero-order valence-electron chi connectivity index (χ0n) is 13.7. The average Bonchev–Trinajstić information content (AvgIpc) is 2.59. The molecular formula is C17H24N2O4. The van der Waals surface area contributed by atoms with Crippen molar-refractivity contribution in [2.24, 2.45) is 11.7 Å². The topological polar surface area (TPSA) is 81.9 Å². The van der Waals surface area contributed by atoms with E-state index in [4.69, 9.17) is 15.2 Å². The number of likely N-dealkylation sites (tertiary alicyclic amines) is 1. The van der Waals surface area contributed by atoms with Crippen LogP contribution in [0.3, 0.4) is 0 Å². The molecule has 126 valence electrons. The van der Waals surface area contributed by atoms with Gasteiger partial charge in [0.05, 0.1) is 7.11 Å². The Balaban J connectivity index is 2.00. The van der Waals surface area contributed by atoms with Crippen LogP contribution in [0.2, 0.25) is 0 Å². The molecule has 0 saturated carbocycles. The van der Waals surface area contributed by atoms with Crippen molar-refractivity contribution in [3.8, 4) is 11.5 Å². The van der Waals surface area contributed by atoms with Gasteiger partial charge in [-0.2, -0.15) is 0 Å². The van der Waals surface area contributed by atoms with E-state index >= 15 is 0 Å². The lowest BCUT2D eigenvalue weighted by molar-refractivity contribution is -0.141. The maximum absolute atomic E-state index is 12.7. The first-order valence-electron chi connectivity index (χ1n) is 7.94. The molecule has 2 rings (SSSR count). The Morgan fingerprint density at radius 2 is 1.87 bits per heavy atom. The SMILES string of the molecule is CCC(Oc1ccccc1OC)C(=O)N1CCC(C(N)=O)CC1. The van der Waals surface area contributed by atoms with Gasteiger partial charge in [-0.25, -0.2) is 0 Å². The van der Waals surface area contributed by atoms with E-state index in [1.807, 2.05) is 19.1 Å². The van der Waals surface area contributed by atoms with Crippen LogP contribution in [0, 0.1) is 5.92 Å². The molecule has 1 aliphatic heterocycles. The number of rotatable bonds is 6. The van der Waals surface area contributed by atoms with Gasteiger partial charge in [0, 0.05) is 19.0 Å². The molecule has 1 heterocycles. The maximum Gasteiger partial charge on any atom is 0.263 e. The van der Waals surface area contributed by atoms with E-state index in [0.29, 0.717) is 43.9 Å². The summed E-state index contributed by atoms with van der Waals surface area (Å²) in [6, 6.07) is 7.27. The van der Waals surface area contributed by atoms with E-state index in [-0.39, 0.29) is 17.7 Å². The van der Waals surface area contributed by atoms with Crippen LogP contribution in [0.15, 0.2) is 24.3 Å². The fourth-order valence-electron chi connectivity index (χ4n) is 2.77. The largest absolute Gasteiger partial charge is 0.493 e. The number of nitrogens with zero attached hydrogens (tertiary/aromatic N) is 1. The minimum Gasteiger partial charge on any atom is -0.493 e. The zero-order valence-corrected chi connectivity index (χ0v) is 13.7. The summed E-state index contributed by atoms with van der Waals surface area (Å²) in [5.74, 6) is 0.693. The van der Waals surface area contributed by atoms with Gasteiger partial charge < -0.3 is 20.1 Å². The number of nitrogens with two attached hydrogens (primary N) is 1. The first-order chi connectivity index (χ1) is 11.1. The van der Waals surface area contributed by atoms with Crippen LogP contribution in [-0.4, -0.2) is 43.0 Å². The summed E-state index contributed by atoms with van der Waals surface area (Å²) in [6.45, 7) is 2.99. The smallest absolute Gasteiger partial charge is 0.263 e. The molecule has 6 nitrogen and oxygen atoms in total.